The van der Waals surface area contributed by atoms with Crippen LogP contribution < -0.4 is 10.4 Å². The molecule has 0 atom stereocenters. The first-order valence-electron chi connectivity index (χ1n) is 13.6. The summed E-state index contributed by atoms with van der Waals surface area (Å²) in [6.45, 7) is 9.18. The molecule has 0 aliphatic carbocycles. The van der Waals surface area contributed by atoms with Gasteiger partial charge in [0.25, 0.3) is 0 Å². The fourth-order valence-electron chi connectivity index (χ4n) is 6.38. The second kappa shape index (κ2) is 12.8. The monoisotopic (exact) mass is 704 g/mol. The molecule has 0 amide bonds. The zero-order valence-electron chi connectivity index (χ0n) is 24.8. The maximum Gasteiger partial charge on any atom is 4.00 e. The van der Waals surface area contributed by atoms with Crippen molar-refractivity contribution in [1.29, 1.82) is 0 Å². The average Bonchev–Trinajstić information content (AvgIpc) is 3.55. The van der Waals surface area contributed by atoms with Gasteiger partial charge in [-0.3, -0.25) is 0 Å². The molecule has 0 heterocycles. The molecule has 0 fully saturated rings. The third-order valence-corrected chi connectivity index (χ3v) is 13.7. The van der Waals surface area contributed by atoms with Crippen molar-refractivity contribution >= 4 is 40.0 Å². The van der Waals surface area contributed by atoms with E-state index in [-0.39, 0.29) is 40.7 Å². The van der Waals surface area contributed by atoms with Gasteiger partial charge < -0.3 is 14.9 Å². The molecule has 200 valence electrons. The van der Waals surface area contributed by atoms with Crippen molar-refractivity contribution in [3.8, 4) is 22.3 Å². The summed E-state index contributed by atoms with van der Waals surface area (Å²) in [6.07, 6.45) is 0. The molecule has 0 unspecified atom stereocenters. The van der Waals surface area contributed by atoms with E-state index in [0.717, 1.165) is 0 Å². The Morgan fingerprint density at radius 3 is 1.32 bits per heavy atom. The smallest absolute Gasteiger partial charge is 0.358 e. The molecule has 6 aromatic rings. The van der Waals surface area contributed by atoms with Crippen molar-refractivity contribution in [2.45, 2.75) is 39.8 Å². The van der Waals surface area contributed by atoms with Crippen LogP contribution in [0.5, 0.6) is 0 Å². The fraction of sp³-hybridized carbons (Fsp3) is 0.158. The molecule has 0 nitrogen and oxygen atoms in total. The Bertz CT molecular complexity index is 1600. The first-order valence-corrected chi connectivity index (χ1v) is 16.0. The maximum absolute atomic E-state index is 2.53. The number of rotatable bonds is 6. The summed E-state index contributed by atoms with van der Waals surface area (Å²) in [5, 5.41) is 8.64. The average molecular weight is 703 g/mol. The Hall–Kier alpha value is -2.81. The number of hydrogen-bond donors (Lipinski definition) is 0. The summed E-state index contributed by atoms with van der Waals surface area (Å²) in [5.41, 5.74) is 7.92. The van der Waals surface area contributed by atoms with Crippen LogP contribution >= 0.6 is 0 Å². The van der Waals surface area contributed by atoms with Crippen molar-refractivity contribution in [3.05, 3.63) is 135 Å². The first-order chi connectivity index (χ1) is 18.0. The van der Waals surface area contributed by atoms with E-state index in [0.29, 0.717) is 0 Å². The van der Waals surface area contributed by atoms with Crippen LogP contribution in [0.3, 0.4) is 0 Å². The summed E-state index contributed by atoms with van der Waals surface area (Å²) in [7, 11) is -1.93. The summed E-state index contributed by atoms with van der Waals surface area (Å²) in [6, 6.07) is 43.9. The number of aryl methyl sites for hydroxylation is 2. The minimum Gasteiger partial charge on any atom is -0.358 e. The van der Waals surface area contributed by atoms with Crippen molar-refractivity contribution in [3.63, 3.8) is 0 Å². The van der Waals surface area contributed by atoms with Crippen LogP contribution in [0.15, 0.2) is 109 Å². The molecule has 2 heteroatoms. The third-order valence-electron chi connectivity index (χ3n) is 8.47. The Labute approximate surface area is 261 Å². The Balaban J connectivity index is 0.00000147. The molecule has 40 heavy (non-hydrogen) atoms. The molecular formula is C38H40HfSi. The van der Waals surface area contributed by atoms with E-state index in [1.54, 1.807) is 10.4 Å². The molecule has 0 N–H and O–H groups in total. The number of benzene rings is 4. The molecule has 6 aromatic carbocycles. The molecule has 0 saturated carbocycles. The van der Waals surface area contributed by atoms with Gasteiger partial charge in [-0.1, -0.05) is 109 Å². The van der Waals surface area contributed by atoms with Crippen LogP contribution in [0.25, 0.3) is 43.8 Å². The Morgan fingerprint density at radius 1 is 0.550 bits per heavy atom. The molecule has 0 aromatic heterocycles. The van der Waals surface area contributed by atoms with E-state index in [1.807, 2.05) is 0 Å². The van der Waals surface area contributed by atoms with Gasteiger partial charge in [0.1, 0.15) is 0 Å². The van der Waals surface area contributed by atoms with E-state index in [1.165, 1.54) is 67.0 Å². The van der Waals surface area contributed by atoms with Gasteiger partial charge in [-0.05, 0) is 25.0 Å². The van der Waals surface area contributed by atoms with E-state index < -0.39 is 8.07 Å². The molecule has 0 bridgehead atoms. The standard InChI is InChI=1S/C36H34Si.2CH3.Hf/c1-5-37(6-2,31-21-29-15-9-17-33(35(29)23-31)27-13-7-11-25(3)19-27)32-22-30-16-10-18-34(36(30)24-32)28-14-8-12-26(4)20-28;;;/h7-24H,5-6H2,1-4H3;2*1H3;/q-2;2*-1;+4. The van der Waals surface area contributed by atoms with Gasteiger partial charge in [0, 0.05) is 0 Å². The van der Waals surface area contributed by atoms with Gasteiger partial charge in [-0.25, -0.2) is 0 Å². The molecule has 0 aliphatic heterocycles. The van der Waals surface area contributed by atoms with Crippen molar-refractivity contribution in [2.75, 3.05) is 0 Å². The Kier molecular flexibility index (Phi) is 10.1. The van der Waals surface area contributed by atoms with Crippen LogP contribution in [0.1, 0.15) is 25.0 Å². The van der Waals surface area contributed by atoms with E-state index in [2.05, 4.69) is 137 Å². The SMILES string of the molecule is CC[Si](CC)(c1cc2c(-c3cccc(C)c3)cccc2[cH-]1)c1cc2c(-c3cccc(C)c3)cccc2[cH-]1.[CH3-].[CH3-].[Hf+4]. The number of fused-ring (bicyclic) bond motifs is 2. The quantitative estimate of drug-likeness (QED) is 0.120. The zero-order valence-corrected chi connectivity index (χ0v) is 29.4. The second-order valence-electron chi connectivity index (χ2n) is 10.6. The second-order valence-corrected chi connectivity index (χ2v) is 15.4. The van der Waals surface area contributed by atoms with E-state index in [4.69, 9.17) is 0 Å². The van der Waals surface area contributed by atoms with Gasteiger partial charge in [0.15, 0.2) is 0 Å². The van der Waals surface area contributed by atoms with Crippen LogP contribution in [-0.4, -0.2) is 8.07 Å². The largest absolute Gasteiger partial charge is 4.00 e. The van der Waals surface area contributed by atoms with Crippen LogP contribution in [0, 0.1) is 28.7 Å². The van der Waals surface area contributed by atoms with Crippen molar-refractivity contribution in [2.24, 2.45) is 0 Å². The van der Waals surface area contributed by atoms with Crippen molar-refractivity contribution in [1.82, 2.24) is 0 Å². The third kappa shape index (κ3) is 5.41. The number of hydrogen-bond acceptors (Lipinski definition) is 0. The molecule has 0 radical (unpaired) electrons. The predicted molar refractivity (Wildman–Crippen MR) is 178 cm³/mol. The molecule has 0 aliphatic rings. The topological polar surface area (TPSA) is 0 Å². The molecule has 0 spiro atoms. The first kappa shape index (κ1) is 31.7. The molecule has 6 rings (SSSR count). The fourth-order valence-corrected chi connectivity index (χ4v) is 10.6. The summed E-state index contributed by atoms with van der Waals surface area (Å²) >= 11 is 0. The maximum atomic E-state index is 2.53. The van der Waals surface area contributed by atoms with E-state index in [9.17, 15) is 0 Å². The van der Waals surface area contributed by atoms with Crippen LogP contribution in [0.2, 0.25) is 12.1 Å². The summed E-state index contributed by atoms with van der Waals surface area (Å²) in [5.74, 6) is 0. The molecular weight excluding hydrogens is 663 g/mol. The van der Waals surface area contributed by atoms with Gasteiger partial charge in [-0.2, -0.15) is 12.1 Å². The van der Waals surface area contributed by atoms with E-state index >= 15 is 0 Å². The Morgan fingerprint density at radius 2 is 0.950 bits per heavy atom. The summed E-state index contributed by atoms with van der Waals surface area (Å²) < 4.78 is 0. The predicted octanol–water partition coefficient (Wildman–Crippen LogP) is 9.88. The zero-order chi connectivity index (χ0) is 25.6. The van der Waals surface area contributed by atoms with Gasteiger partial charge >= 0.3 is 25.8 Å². The van der Waals surface area contributed by atoms with Crippen LogP contribution in [-0.2, 0) is 25.8 Å². The van der Waals surface area contributed by atoms with Crippen LogP contribution in [0.4, 0.5) is 0 Å². The minimum absolute atomic E-state index is 0. The summed E-state index contributed by atoms with van der Waals surface area (Å²) in [4.78, 5) is 0. The normalized spacial score (nSPS) is 11.1. The minimum atomic E-state index is -1.93. The van der Waals surface area contributed by atoms with Crippen molar-refractivity contribution < 1.29 is 25.8 Å². The van der Waals surface area contributed by atoms with Gasteiger partial charge in [-0.15, -0.1) is 68.3 Å². The molecule has 0 saturated heterocycles. The van der Waals surface area contributed by atoms with Gasteiger partial charge in [0.05, 0.1) is 8.07 Å². The van der Waals surface area contributed by atoms with Gasteiger partial charge in [0.2, 0.25) is 0 Å².